The Hall–Kier alpha value is -1.62. The molecule has 0 atom stereocenters. The minimum Gasteiger partial charge on any atom is -0.493 e. The smallest absolute Gasteiger partial charge is 0.275 e. The SMILES string of the molecule is Cc1ccc(OCCCO)cc1[N+](=O)[O-]. The lowest BCUT2D eigenvalue weighted by molar-refractivity contribution is -0.385. The molecule has 0 saturated carbocycles. The highest BCUT2D eigenvalue weighted by Crippen LogP contribution is 2.23. The molecule has 0 saturated heterocycles. The van der Waals surface area contributed by atoms with Crippen molar-refractivity contribution in [3.05, 3.63) is 33.9 Å². The molecular weight excluding hydrogens is 198 g/mol. The van der Waals surface area contributed by atoms with Crippen LogP contribution in [0.2, 0.25) is 0 Å². The van der Waals surface area contributed by atoms with E-state index in [0.29, 0.717) is 24.3 Å². The van der Waals surface area contributed by atoms with Crippen LogP contribution in [0, 0.1) is 17.0 Å². The molecule has 5 nitrogen and oxygen atoms in total. The number of benzene rings is 1. The van der Waals surface area contributed by atoms with Crippen molar-refractivity contribution in [1.29, 1.82) is 0 Å². The highest BCUT2D eigenvalue weighted by molar-refractivity contribution is 5.45. The van der Waals surface area contributed by atoms with Gasteiger partial charge in [-0.05, 0) is 19.1 Å². The maximum atomic E-state index is 10.6. The highest BCUT2D eigenvalue weighted by atomic mass is 16.6. The van der Waals surface area contributed by atoms with Crippen LogP contribution in [-0.2, 0) is 0 Å². The Morgan fingerprint density at radius 2 is 2.27 bits per heavy atom. The maximum absolute atomic E-state index is 10.6. The van der Waals surface area contributed by atoms with Gasteiger partial charge < -0.3 is 9.84 Å². The van der Waals surface area contributed by atoms with Gasteiger partial charge in [-0.1, -0.05) is 0 Å². The number of aliphatic hydroxyl groups is 1. The number of ether oxygens (including phenoxy) is 1. The van der Waals surface area contributed by atoms with Crippen LogP contribution in [-0.4, -0.2) is 23.2 Å². The lowest BCUT2D eigenvalue weighted by Crippen LogP contribution is -2.00. The van der Waals surface area contributed by atoms with Crippen LogP contribution in [0.5, 0.6) is 5.75 Å². The Morgan fingerprint density at radius 1 is 1.53 bits per heavy atom. The van der Waals surface area contributed by atoms with Crippen LogP contribution in [0.15, 0.2) is 18.2 Å². The first kappa shape index (κ1) is 11.5. The third-order valence-corrected chi connectivity index (χ3v) is 1.95. The van der Waals surface area contributed by atoms with Gasteiger partial charge in [0.2, 0.25) is 0 Å². The molecule has 0 aliphatic rings. The van der Waals surface area contributed by atoms with Gasteiger partial charge in [0.25, 0.3) is 5.69 Å². The van der Waals surface area contributed by atoms with Crippen molar-refractivity contribution in [3.8, 4) is 5.75 Å². The first-order valence-corrected chi connectivity index (χ1v) is 4.64. The van der Waals surface area contributed by atoms with Gasteiger partial charge in [-0.15, -0.1) is 0 Å². The van der Waals surface area contributed by atoms with Gasteiger partial charge in [-0.3, -0.25) is 10.1 Å². The molecule has 1 rings (SSSR count). The van der Waals surface area contributed by atoms with E-state index in [1.165, 1.54) is 6.07 Å². The molecular formula is C10H13NO4. The fraction of sp³-hybridized carbons (Fsp3) is 0.400. The number of rotatable bonds is 5. The molecule has 5 heteroatoms. The van der Waals surface area contributed by atoms with E-state index in [2.05, 4.69) is 0 Å². The predicted octanol–water partition coefficient (Wildman–Crippen LogP) is 1.66. The second-order valence-electron chi connectivity index (χ2n) is 3.13. The van der Waals surface area contributed by atoms with Crippen LogP contribution >= 0.6 is 0 Å². The van der Waals surface area contributed by atoms with Gasteiger partial charge in [-0.2, -0.15) is 0 Å². The zero-order valence-electron chi connectivity index (χ0n) is 8.47. The monoisotopic (exact) mass is 211 g/mol. The quantitative estimate of drug-likeness (QED) is 0.456. The summed E-state index contributed by atoms with van der Waals surface area (Å²) in [5, 5.41) is 19.2. The predicted molar refractivity (Wildman–Crippen MR) is 55.0 cm³/mol. The molecule has 0 aliphatic carbocycles. The van der Waals surface area contributed by atoms with Crippen LogP contribution in [0.3, 0.4) is 0 Å². The van der Waals surface area contributed by atoms with Crippen molar-refractivity contribution in [3.63, 3.8) is 0 Å². The summed E-state index contributed by atoms with van der Waals surface area (Å²) in [6.07, 6.45) is 0.516. The minimum atomic E-state index is -0.436. The largest absolute Gasteiger partial charge is 0.493 e. The van der Waals surface area contributed by atoms with E-state index in [0.717, 1.165) is 0 Å². The van der Waals surface area contributed by atoms with Gasteiger partial charge in [0.05, 0.1) is 17.6 Å². The number of nitro benzene ring substituents is 1. The van der Waals surface area contributed by atoms with Gasteiger partial charge in [0, 0.05) is 18.6 Å². The zero-order valence-corrected chi connectivity index (χ0v) is 8.47. The molecule has 0 aliphatic heterocycles. The fourth-order valence-corrected chi connectivity index (χ4v) is 1.13. The molecule has 0 heterocycles. The summed E-state index contributed by atoms with van der Waals surface area (Å²) in [6.45, 7) is 2.08. The van der Waals surface area contributed by atoms with Crippen molar-refractivity contribution in [2.24, 2.45) is 0 Å². The van der Waals surface area contributed by atoms with E-state index in [1.807, 2.05) is 0 Å². The third kappa shape index (κ3) is 3.21. The average Bonchev–Trinajstić information content (AvgIpc) is 2.20. The summed E-state index contributed by atoms with van der Waals surface area (Å²) < 4.78 is 5.23. The summed E-state index contributed by atoms with van der Waals surface area (Å²) >= 11 is 0. The second-order valence-corrected chi connectivity index (χ2v) is 3.13. The molecule has 0 amide bonds. The topological polar surface area (TPSA) is 72.6 Å². The summed E-state index contributed by atoms with van der Waals surface area (Å²) in [5.74, 6) is 0.459. The van der Waals surface area contributed by atoms with Gasteiger partial charge in [-0.25, -0.2) is 0 Å². The van der Waals surface area contributed by atoms with E-state index in [-0.39, 0.29) is 12.3 Å². The Balaban J connectivity index is 2.74. The third-order valence-electron chi connectivity index (χ3n) is 1.95. The number of hydrogen-bond acceptors (Lipinski definition) is 4. The standard InChI is InChI=1S/C10H13NO4/c1-8-3-4-9(15-6-2-5-12)7-10(8)11(13)14/h3-4,7,12H,2,5-6H2,1H3. The van der Waals surface area contributed by atoms with Crippen LogP contribution in [0.25, 0.3) is 0 Å². The van der Waals surface area contributed by atoms with Gasteiger partial charge in [0.15, 0.2) is 0 Å². The van der Waals surface area contributed by atoms with Crippen LogP contribution < -0.4 is 4.74 Å². The van der Waals surface area contributed by atoms with E-state index in [1.54, 1.807) is 19.1 Å². The molecule has 1 aromatic carbocycles. The van der Waals surface area contributed by atoms with Crippen molar-refractivity contribution < 1.29 is 14.8 Å². The highest BCUT2D eigenvalue weighted by Gasteiger charge is 2.11. The molecule has 0 fully saturated rings. The normalized spacial score (nSPS) is 10.0. The Labute approximate surface area is 87.5 Å². The molecule has 0 spiro atoms. The summed E-state index contributed by atoms with van der Waals surface area (Å²) in [4.78, 5) is 10.2. The number of aryl methyl sites for hydroxylation is 1. The maximum Gasteiger partial charge on any atom is 0.275 e. The average molecular weight is 211 g/mol. The van der Waals surface area contributed by atoms with E-state index >= 15 is 0 Å². The number of aliphatic hydroxyl groups excluding tert-OH is 1. The van der Waals surface area contributed by atoms with Crippen LogP contribution in [0.1, 0.15) is 12.0 Å². The van der Waals surface area contributed by atoms with Gasteiger partial charge >= 0.3 is 0 Å². The van der Waals surface area contributed by atoms with Crippen molar-refractivity contribution in [2.75, 3.05) is 13.2 Å². The Morgan fingerprint density at radius 3 is 2.87 bits per heavy atom. The summed E-state index contributed by atoms with van der Waals surface area (Å²) in [7, 11) is 0. The van der Waals surface area contributed by atoms with Crippen molar-refractivity contribution in [1.82, 2.24) is 0 Å². The molecule has 1 N–H and O–H groups in total. The molecule has 1 aromatic rings. The number of nitrogens with zero attached hydrogens (tertiary/aromatic N) is 1. The first-order valence-electron chi connectivity index (χ1n) is 4.64. The fourth-order valence-electron chi connectivity index (χ4n) is 1.13. The Kier molecular flexibility index (Phi) is 4.05. The molecule has 0 unspecified atom stereocenters. The summed E-state index contributed by atoms with van der Waals surface area (Å²) in [5.41, 5.74) is 0.658. The lowest BCUT2D eigenvalue weighted by atomic mass is 10.2. The molecule has 0 radical (unpaired) electrons. The summed E-state index contributed by atoms with van der Waals surface area (Å²) in [6, 6.07) is 4.72. The molecule has 0 bridgehead atoms. The second kappa shape index (κ2) is 5.31. The van der Waals surface area contributed by atoms with Crippen molar-refractivity contribution in [2.45, 2.75) is 13.3 Å². The first-order chi connectivity index (χ1) is 7.15. The molecule has 0 aromatic heterocycles. The number of hydrogen-bond donors (Lipinski definition) is 1. The molecule has 15 heavy (non-hydrogen) atoms. The van der Waals surface area contributed by atoms with E-state index in [9.17, 15) is 10.1 Å². The van der Waals surface area contributed by atoms with Crippen molar-refractivity contribution >= 4 is 5.69 Å². The number of nitro groups is 1. The van der Waals surface area contributed by atoms with Crippen LogP contribution in [0.4, 0.5) is 5.69 Å². The Bertz CT molecular complexity index is 351. The van der Waals surface area contributed by atoms with E-state index < -0.39 is 4.92 Å². The molecule has 82 valence electrons. The lowest BCUT2D eigenvalue weighted by Gasteiger charge is -2.05. The van der Waals surface area contributed by atoms with E-state index in [4.69, 9.17) is 9.84 Å². The minimum absolute atomic E-state index is 0.0496. The van der Waals surface area contributed by atoms with Gasteiger partial charge in [0.1, 0.15) is 5.75 Å². The zero-order chi connectivity index (χ0) is 11.3.